The van der Waals surface area contributed by atoms with E-state index in [0.29, 0.717) is 16.9 Å². The second kappa shape index (κ2) is 4.34. The minimum absolute atomic E-state index is 0.173. The van der Waals surface area contributed by atoms with Crippen LogP contribution >= 0.6 is 0 Å². The fourth-order valence-electron chi connectivity index (χ4n) is 1.61. The first-order chi connectivity index (χ1) is 8.40. The monoisotopic (exact) mass is 266 g/mol. The lowest BCUT2D eigenvalue weighted by Crippen LogP contribution is -2.14. The van der Waals surface area contributed by atoms with E-state index in [4.69, 9.17) is 5.73 Å². The molecule has 0 atom stereocenters. The Balaban J connectivity index is 2.40. The molecule has 1 heterocycles. The fourth-order valence-corrected chi connectivity index (χ4v) is 2.91. The van der Waals surface area contributed by atoms with Gasteiger partial charge in [-0.25, -0.2) is 8.42 Å². The van der Waals surface area contributed by atoms with Gasteiger partial charge in [0.05, 0.1) is 16.8 Å². The molecule has 2 aromatic rings. The van der Waals surface area contributed by atoms with Crippen LogP contribution in [0.4, 0.5) is 11.4 Å². The zero-order valence-electron chi connectivity index (χ0n) is 10.1. The Morgan fingerprint density at radius 2 is 2.11 bits per heavy atom. The largest absolute Gasteiger partial charge is 0.398 e. The third-order valence-electron chi connectivity index (χ3n) is 2.57. The van der Waals surface area contributed by atoms with Crippen LogP contribution in [0.2, 0.25) is 0 Å². The van der Waals surface area contributed by atoms with Gasteiger partial charge in [-0.15, -0.1) is 0 Å². The number of nitrogen functional groups attached to an aromatic ring is 1. The second-order valence-corrected chi connectivity index (χ2v) is 5.63. The van der Waals surface area contributed by atoms with Gasteiger partial charge in [0, 0.05) is 18.9 Å². The number of nitrogens with two attached hydrogens (primary N) is 1. The van der Waals surface area contributed by atoms with E-state index < -0.39 is 10.0 Å². The maximum absolute atomic E-state index is 12.2. The highest BCUT2D eigenvalue weighted by Gasteiger charge is 2.18. The van der Waals surface area contributed by atoms with E-state index in [-0.39, 0.29) is 4.90 Å². The van der Waals surface area contributed by atoms with Crippen LogP contribution in [0.1, 0.15) is 5.56 Å². The van der Waals surface area contributed by atoms with Crippen LogP contribution in [-0.2, 0) is 17.1 Å². The summed E-state index contributed by atoms with van der Waals surface area (Å²) in [6.07, 6.45) is 3.03. The van der Waals surface area contributed by atoms with Crippen molar-refractivity contribution in [1.82, 2.24) is 9.78 Å². The summed E-state index contributed by atoms with van der Waals surface area (Å²) in [6, 6.07) is 4.79. The number of sulfonamides is 1. The predicted octanol–water partition coefficient (Wildman–Crippen LogP) is 1.11. The third-order valence-corrected chi connectivity index (χ3v) is 4.10. The van der Waals surface area contributed by atoms with Gasteiger partial charge in [-0.05, 0) is 24.6 Å². The van der Waals surface area contributed by atoms with Gasteiger partial charge in [-0.2, -0.15) is 5.10 Å². The summed E-state index contributed by atoms with van der Waals surface area (Å²) >= 11 is 0. The van der Waals surface area contributed by atoms with Gasteiger partial charge in [0.15, 0.2) is 0 Å². The van der Waals surface area contributed by atoms with Crippen molar-refractivity contribution in [2.24, 2.45) is 7.05 Å². The minimum Gasteiger partial charge on any atom is -0.398 e. The molecule has 0 amide bonds. The number of nitrogens with zero attached hydrogens (tertiary/aromatic N) is 2. The van der Waals surface area contributed by atoms with E-state index in [1.807, 2.05) is 0 Å². The van der Waals surface area contributed by atoms with Crippen LogP contribution in [0, 0.1) is 6.92 Å². The summed E-state index contributed by atoms with van der Waals surface area (Å²) in [5, 5.41) is 3.90. The maximum atomic E-state index is 12.2. The van der Waals surface area contributed by atoms with Crippen molar-refractivity contribution in [1.29, 1.82) is 0 Å². The third kappa shape index (κ3) is 2.30. The van der Waals surface area contributed by atoms with Crippen LogP contribution in [0.15, 0.2) is 35.5 Å². The molecule has 0 saturated heterocycles. The molecule has 0 fully saturated rings. The number of rotatable bonds is 3. The molecule has 7 heteroatoms. The molecule has 0 aliphatic rings. The van der Waals surface area contributed by atoms with E-state index >= 15 is 0 Å². The van der Waals surface area contributed by atoms with Crippen molar-refractivity contribution in [3.05, 3.63) is 36.2 Å². The Labute approximate surface area is 105 Å². The van der Waals surface area contributed by atoms with Gasteiger partial charge in [0.2, 0.25) is 0 Å². The standard InChI is InChI=1S/C11H14N4O2S/c1-8-10(12)4-3-5-11(8)18(16,17)14-9-6-13-15(2)7-9/h3-7,14H,12H2,1-2H3. The number of hydrogen-bond acceptors (Lipinski definition) is 4. The molecule has 0 aliphatic heterocycles. The maximum Gasteiger partial charge on any atom is 0.262 e. The van der Waals surface area contributed by atoms with Crippen molar-refractivity contribution in [3.63, 3.8) is 0 Å². The molecule has 96 valence electrons. The normalized spacial score (nSPS) is 11.4. The second-order valence-electron chi connectivity index (χ2n) is 3.98. The quantitative estimate of drug-likeness (QED) is 0.814. The van der Waals surface area contributed by atoms with E-state index in [1.54, 1.807) is 32.3 Å². The first-order valence-corrected chi connectivity index (χ1v) is 6.75. The summed E-state index contributed by atoms with van der Waals surface area (Å²) in [4.78, 5) is 0.173. The first kappa shape index (κ1) is 12.4. The van der Waals surface area contributed by atoms with Crippen LogP contribution in [0.25, 0.3) is 0 Å². The van der Waals surface area contributed by atoms with Gasteiger partial charge in [0.1, 0.15) is 0 Å². The highest BCUT2D eigenvalue weighted by atomic mass is 32.2. The summed E-state index contributed by atoms with van der Waals surface area (Å²) in [5.41, 5.74) is 7.11. The summed E-state index contributed by atoms with van der Waals surface area (Å²) in [7, 11) is -1.92. The zero-order chi connectivity index (χ0) is 13.3. The number of aromatic nitrogens is 2. The molecule has 0 unspecified atom stereocenters. The molecule has 1 aromatic carbocycles. The van der Waals surface area contributed by atoms with E-state index in [9.17, 15) is 8.42 Å². The predicted molar refractivity (Wildman–Crippen MR) is 69.6 cm³/mol. The minimum atomic E-state index is -3.64. The van der Waals surface area contributed by atoms with Crippen molar-refractivity contribution >= 4 is 21.4 Å². The molecular weight excluding hydrogens is 252 g/mol. The smallest absolute Gasteiger partial charge is 0.262 e. The molecule has 2 rings (SSSR count). The van der Waals surface area contributed by atoms with E-state index in [0.717, 1.165) is 0 Å². The lowest BCUT2D eigenvalue weighted by atomic mass is 10.2. The molecule has 6 nitrogen and oxygen atoms in total. The number of aryl methyl sites for hydroxylation is 1. The molecule has 1 aromatic heterocycles. The number of benzene rings is 1. The Bertz CT molecular complexity index is 676. The molecule has 0 saturated carbocycles. The van der Waals surface area contributed by atoms with Crippen LogP contribution in [-0.4, -0.2) is 18.2 Å². The molecule has 0 bridgehead atoms. The van der Waals surface area contributed by atoms with E-state index in [1.165, 1.54) is 16.9 Å². The van der Waals surface area contributed by atoms with Gasteiger partial charge in [-0.3, -0.25) is 9.40 Å². The molecule has 18 heavy (non-hydrogen) atoms. The molecule has 0 spiro atoms. The van der Waals surface area contributed by atoms with Gasteiger partial charge in [0.25, 0.3) is 10.0 Å². The van der Waals surface area contributed by atoms with Crippen LogP contribution < -0.4 is 10.5 Å². The van der Waals surface area contributed by atoms with Crippen molar-refractivity contribution in [2.75, 3.05) is 10.5 Å². The summed E-state index contributed by atoms with van der Waals surface area (Å²) in [5.74, 6) is 0. The van der Waals surface area contributed by atoms with Gasteiger partial charge in [-0.1, -0.05) is 6.07 Å². The Morgan fingerprint density at radius 3 is 2.72 bits per heavy atom. The fraction of sp³-hybridized carbons (Fsp3) is 0.182. The van der Waals surface area contributed by atoms with Crippen molar-refractivity contribution < 1.29 is 8.42 Å². The topological polar surface area (TPSA) is 90.0 Å². The number of anilines is 2. The summed E-state index contributed by atoms with van der Waals surface area (Å²) in [6.45, 7) is 1.67. The van der Waals surface area contributed by atoms with Gasteiger partial charge >= 0.3 is 0 Å². The van der Waals surface area contributed by atoms with E-state index in [2.05, 4.69) is 9.82 Å². The van der Waals surface area contributed by atoms with Crippen LogP contribution in [0.5, 0.6) is 0 Å². The SMILES string of the molecule is Cc1c(N)cccc1S(=O)(=O)Nc1cnn(C)c1. The molecule has 0 aliphatic carbocycles. The zero-order valence-corrected chi connectivity index (χ0v) is 10.9. The van der Waals surface area contributed by atoms with Crippen molar-refractivity contribution in [3.8, 4) is 0 Å². The highest BCUT2D eigenvalue weighted by molar-refractivity contribution is 7.92. The van der Waals surface area contributed by atoms with Gasteiger partial charge < -0.3 is 5.73 Å². The molecule has 0 radical (unpaired) electrons. The number of nitrogens with one attached hydrogen (secondary N) is 1. The summed E-state index contributed by atoms with van der Waals surface area (Å²) < 4.78 is 28.3. The lowest BCUT2D eigenvalue weighted by molar-refractivity contribution is 0.600. The molecular formula is C11H14N4O2S. The van der Waals surface area contributed by atoms with Crippen molar-refractivity contribution in [2.45, 2.75) is 11.8 Å². The Kier molecular flexibility index (Phi) is 3.00. The number of hydrogen-bond donors (Lipinski definition) is 2. The lowest BCUT2D eigenvalue weighted by Gasteiger charge is -2.10. The average Bonchev–Trinajstić information content (AvgIpc) is 2.67. The first-order valence-electron chi connectivity index (χ1n) is 5.27. The highest BCUT2D eigenvalue weighted by Crippen LogP contribution is 2.22. The Hall–Kier alpha value is -2.02. The Morgan fingerprint density at radius 1 is 1.39 bits per heavy atom. The van der Waals surface area contributed by atoms with Crippen LogP contribution in [0.3, 0.4) is 0 Å². The average molecular weight is 266 g/mol. The molecule has 3 N–H and O–H groups in total.